The lowest BCUT2D eigenvalue weighted by Gasteiger charge is -2.29. The predicted molar refractivity (Wildman–Crippen MR) is 241 cm³/mol. The number of hydrogen-bond donors (Lipinski definition) is 0. The maximum absolute atomic E-state index is 6.88. The lowest BCUT2D eigenvalue weighted by Crippen LogP contribution is -2.33. The molecule has 0 aliphatic carbocycles. The average molecular weight is 761 g/mol. The molecule has 2 unspecified atom stereocenters. The van der Waals surface area contributed by atoms with Gasteiger partial charge in [0.15, 0.2) is 5.79 Å². The molecule has 1 aromatic heterocycles. The number of allylic oxidation sites excluding steroid dienone is 8. The molecule has 4 heteroatoms. The van der Waals surface area contributed by atoms with Gasteiger partial charge < -0.3 is 14.4 Å². The maximum atomic E-state index is 6.88. The molecule has 2 heterocycles. The van der Waals surface area contributed by atoms with Crippen LogP contribution in [0.25, 0.3) is 0 Å². The maximum Gasteiger partial charge on any atom is 0.168 e. The highest BCUT2D eigenvalue weighted by Gasteiger charge is 2.40. The molecule has 2 atom stereocenters. The summed E-state index contributed by atoms with van der Waals surface area (Å²) in [4.78, 5) is 6.74. The van der Waals surface area contributed by atoms with Crippen molar-refractivity contribution in [2.45, 2.75) is 219 Å². The fraction of sp³-hybridized carbons (Fsp3) is 0.745. The quantitative estimate of drug-likeness (QED) is 0.0497. The Hall–Kier alpha value is -2.01. The topological polar surface area (TPSA) is 34.6 Å². The van der Waals surface area contributed by atoms with Crippen LogP contribution in [0, 0.1) is 0 Å². The summed E-state index contributed by atoms with van der Waals surface area (Å²) in [5, 5.41) is 0. The van der Waals surface area contributed by atoms with E-state index in [9.17, 15) is 0 Å². The van der Waals surface area contributed by atoms with Gasteiger partial charge in [-0.1, -0.05) is 153 Å². The van der Waals surface area contributed by atoms with Gasteiger partial charge in [0.05, 0.1) is 12.7 Å². The van der Waals surface area contributed by atoms with Gasteiger partial charge in [-0.25, -0.2) is 0 Å². The average Bonchev–Trinajstić information content (AvgIpc) is 3.62. The SMILES string of the molecule is CCCCC/C=C\C/C=C\CCCCCCCCCC1(CCCCCCCC/C=C\C/C=C\CCCCC)OCC(CCN(CC)CCc2ccncc2)O1. The fourth-order valence-corrected chi connectivity index (χ4v) is 7.68. The van der Waals surface area contributed by atoms with Crippen LogP contribution in [0.5, 0.6) is 0 Å². The van der Waals surface area contributed by atoms with Crippen molar-refractivity contribution in [3.63, 3.8) is 0 Å². The highest BCUT2D eigenvalue weighted by Crippen LogP contribution is 2.35. The molecule has 55 heavy (non-hydrogen) atoms. The lowest BCUT2D eigenvalue weighted by atomic mass is 9.98. The summed E-state index contributed by atoms with van der Waals surface area (Å²) in [5.41, 5.74) is 1.37. The van der Waals surface area contributed by atoms with Crippen molar-refractivity contribution < 1.29 is 9.47 Å². The molecule has 0 N–H and O–H groups in total. The largest absolute Gasteiger partial charge is 0.347 e. The Kier molecular flexibility index (Phi) is 32.5. The van der Waals surface area contributed by atoms with Gasteiger partial charge in [-0.3, -0.25) is 4.98 Å². The zero-order valence-electron chi connectivity index (χ0n) is 36.6. The third-order valence-corrected chi connectivity index (χ3v) is 11.4. The van der Waals surface area contributed by atoms with Crippen LogP contribution in [0.4, 0.5) is 0 Å². The van der Waals surface area contributed by atoms with Crippen molar-refractivity contribution >= 4 is 0 Å². The normalized spacial score (nSPS) is 17.8. The van der Waals surface area contributed by atoms with Gasteiger partial charge in [-0.2, -0.15) is 0 Å². The first-order valence-corrected chi connectivity index (χ1v) is 23.7. The second-order valence-corrected chi connectivity index (χ2v) is 16.3. The molecule has 4 nitrogen and oxygen atoms in total. The monoisotopic (exact) mass is 761 g/mol. The van der Waals surface area contributed by atoms with E-state index in [-0.39, 0.29) is 11.9 Å². The van der Waals surface area contributed by atoms with Crippen molar-refractivity contribution in [3.05, 3.63) is 78.7 Å². The molecule has 0 bridgehead atoms. The summed E-state index contributed by atoms with van der Waals surface area (Å²) in [6.45, 7) is 10.8. The highest BCUT2D eigenvalue weighted by molar-refractivity contribution is 5.09. The Morgan fingerprint density at radius 2 is 1.04 bits per heavy atom. The van der Waals surface area contributed by atoms with Crippen LogP contribution < -0.4 is 0 Å². The minimum atomic E-state index is -0.356. The molecule has 1 saturated heterocycles. The molecular weight excluding hydrogens is 673 g/mol. The smallest absolute Gasteiger partial charge is 0.168 e. The van der Waals surface area contributed by atoms with E-state index in [0.29, 0.717) is 0 Å². The number of unbranched alkanes of at least 4 members (excludes halogenated alkanes) is 19. The first kappa shape index (κ1) is 49.1. The Bertz CT molecular complexity index is 1080. The van der Waals surface area contributed by atoms with Crippen LogP contribution in [-0.4, -0.2) is 48.0 Å². The van der Waals surface area contributed by atoms with Crippen molar-refractivity contribution in [2.24, 2.45) is 0 Å². The van der Waals surface area contributed by atoms with E-state index in [1.54, 1.807) is 0 Å². The molecular formula is C51H88N2O2. The highest BCUT2D eigenvalue weighted by atomic mass is 16.7. The molecule has 0 radical (unpaired) electrons. The fourth-order valence-electron chi connectivity index (χ4n) is 7.68. The molecule has 0 amide bonds. The number of ether oxygens (including phenoxy) is 2. The van der Waals surface area contributed by atoms with Crippen LogP contribution in [0.2, 0.25) is 0 Å². The van der Waals surface area contributed by atoms with Crippen LogP contribution in [-0.2, 0) is 15.9 Å². The summed E-state index contributed by atoms with van der Waals surface area (Å²) >= 11 is 0. The Morgan fingerprint density at radius 1 is 0.582 bits per heavy atom. The molecule has 1 aromatic rings. The molecule has 0 saturated carbocycles. The van der Waals surface area contributed by atoms with Crippen LogP contribution in [0.1, 0.15) is 206 Å². The van der Waals surface area contributed by atoms with Gasteiger partial charge >= 0.3 is 0 Å². The number of rotatable bonds is 38. The van der Waals surface area contributed by atoms with Gasteiger partial charge in [-0.05, 0) is 114 Å². The van der Waals surface area contributed by atoms with E-state index in [4.69, 9.17) is 9.47 Å². The predicted octanol–water partition coefficient (Wildman–Crippen LogP) is 15.2. The zero-order chi connectivity index (χ0) is 39.2. The Labute approximate surface area is 342 Å². The van der Waals surface area contributed by atoms with Crippen LogP contribution in [0.15, 0.2) is 73.1 Å². The molecule has 0 aromatic carbocycles. The van der Waals surface area contributed by atoms with Gasteiger partial charge in [0, 0.05) is 38.3 Å². The van der Waals surface area contributed by atoms with Crippen molar-refractivity contribution in [2.75, 3.05) is 26.2 Å². The number of aromatic nitrogens is 1. The summed E-state index contributed by atoms with van der Waals surface area (Å²) in [6.07, 6.45) is 59.4. The van der Waals surface area contributed by atoms with Gasteiger partial charge in [0.2, 0.25) is 0 Å². The van der Waals surface area contributed by atoms with E-state index < -0.39 is 0 Å². The number of likely N-dealkylation sites (N-methyl/N-ethyl adjacent to an activating group) is 1. The van der Waals surface area contributed by atoms with E-state index in [1.165, 1.54) is 153 Å². The first-order valence-electron chi connectivity index (χ1n) is 23.7. The van der Waals surface area contributed by atoms with E-state index in [2.05, 4.69) is 91.4 Å². The third-order valence-electron chi connectivity index (χ3n) is 11.4. The molecule has 0 spiro atoms. The molecule has 1 aliphatic heterocycles. The Balaban J connectivity index is 1.64. The van der Waals surface area contributed by atoms with Crippen LogP contribution in [0.3, 0.4) is 0 Å². The standard InChI is InChI=1S/C51H88N2O2/c1-4-7-9-11-13-15-17-19-21-23-25-27-29-31-33-35-37-43-51(42-36-34-32-30-28-26-24-22-20-18-16-14-12-10-8-5-2)54-48-50(55-51)41-47-53(6-3)46-40-49-38-44-52-45-39-49/h13-16,19-22,38-39,44-45,50H,4-12,17-18,23-37,40-43,46-48H2,1-3H3/b15-13-,16-14-,21-19-,22-20-. The van der Waals surface area contributed by atoms with Crippen molar-refractivity contribution in [3.8, 4) is 0 Å². The first-order chi connectivity index (χ1) is 27.2. The summed E-state index contributed by atoms with van der Waals surface area (Å²) in [7, 11) is 0. The van der Waals surface area contributed by atoms with Gasteiger partial charge in [-0.15, -0.1) is 0 Å². The summed E-state index contributed by atoms with van der Waals surface area (Å²) in [6, 6.07) is 4.28. The van der Waals surface area contributed by atoms with E-state index in [1.807, 2.05) is 12.4 Å². The lowest BCUT2D eigenvalue weighted by molar-refractivity contribution is -0.180. The summed E-state index contributed by atoms with van der Waals surface area (Å²) < 4.78 is 13.5. The molecule has 1 aliphatic rings. The molecule has 314 valence electrons. The Morgan fingerprint density at radius 3 is 1.51 bits per heavy atom. The second-order valence-electron chi connectivity index (χ2n) is 16.3. The van der Waals surface area contributed by atoms with E-state index >= 15 is 0 Å². The number of nitrogens with zero attached hydrogens (tertiary/aromatic N) is 2. The number of pyridine rings is 1. The van der Waals surface area contributed by atoms with Gasteiger partial charge in [0.25, 0.3) is 0 Å². The van der Waals surface area contributed by atoms with Gasteiger partial charge in [0.1, 0.15) is 0 Å². The van der Waals surface area contributed by atoms with E-state index in [0.717, 1.165) is 64.8 Å². The van der Waals surface area contributed by atoms with Crippen molar-refractivity contribution in [1.29, 1.82) is 0 Å². The minimum absolute atomic E-state index is 0.218. The van der Waals surface area contributed by atoms with Crippen molar-refractivity contribution in [1.82, 2.24) is 9.88 Å². The number of hydrogen-bond acceptors (Lipinski definition) is 4. The summed E-state index contributed by atoms with van der Waals surface area (Å²) in [5.74, 6) is -0.356. The minimum Gasteiger partial charge on any atom is -0.347 e. The molecule has 1 fully saturated rings. The second kappa shape index (κ2) is 36.3. The molecule has 2 rings (SSSR count). The van der Waals surface area contributed by atoms with Crippen LogP contribution >= 0.6 is 0 Å². The third kappa shape index (κ3) is 28.1. The zero-order valence-corrected chi connectivity index (χ0v) is 36.6.